The molecule has 1 aliphatic rings. The maximum atomic E-state index is 12.9. The highest BCUT2D eigenvalue weighted by Crippen LogP contribution is 2.25. The standard InChI is InChI=1S/C14H16ClN3O2S/c1-11-2-3-12(9-15)8-13(11)21(19,20)18-7-6-17-5-4-16-14(17)10-18/h2-5,8H,6-7,9-10H2,1H3. The van der Waals surface area contributed by atoms with Crippen LogP contribution in [0.2, 0.25) is 0 Å². The summed E-state index contributed by atoms with van der Waals surface area (Å²) in [5, 5.41) is 0. The van der Waals surface area contributed by atoms with Gasteiger partial charge in [-0.2, -0.15) is 4.31 Å². The van der Waals surface area contributed by atoms with Crippen LogP contribution >= 0.6 is 11.6 Å². The third kappa shape index (κ3) is 2.59. The van der Waals surface area contributed by atoms with Crippen molar-refractivity contribution < 1.29 is 8.42 Å². The second-order valence-corrected chi connectivity index (χ2v) is 7.28. The number of sulfonamides is 1. The molecule has 1 aromatic carbocycles. The molecule has 0 spiro atoms. The number of fused-ring (bicyclic) bond motifs is 1. The molecule has 2 aromatic rings. The smallest absolute Gasteiger partial charge is 0.243 e. The Hall–Kier alpha value is -1.37. The highest BCUT2D eigenvalue weighted by atomic mass is 35.5. The van der Waals surface area contributed by atoms with Gasteiger partial charge in [0, 0.05) is 31.4 Å². The molecular formula is C14H16ClN3O2S. The Bertz CT molecular complexity index is 770. The number of benzene rings is 1. The van der Waals surface area contributed by atoms with Crippen LogP contribution in [0.25, 0.3) is 0 Å². The third-order valence-corrected chi connectivity index (χ3v) is 6.03. The number of imidazole rings is 1. The fraction of sp³-hybridized carbons (Fsp3) is 0.357. The molecule has 112 valence electrons. The summed E-state index contributed by atoms with van der Waals surface area (Å²) in [6.07, 6.45) is 3.57. The Kier molecular flexibility index (Phi) is 3.77. The van der Waals surface area contributed by atoms with Crippen LogP contribution in [0.15, 0.2) is 35.5 Å². The predicted octanol–water partition coefficient (Wildman–Crippen LogP) is 2.13. The van der Waals surface area contributed by atoms with E-state index in [0.29, 0.717) is 30.4 Å². The lowest BCUT2D eigenvalue weighted by atomic mass is 10.2. The minimum Gasteiger partial charge on any atom is -0.333 e. The average molecular weight is 326 g/mol. The first-order valence-electron chi connectivity index (χ1n) is 6.68. The van der Waals surface area contributed by atoms with Gasteiger partial charge in [0.05, 0.1) is 11.4 Å². The van der Waals surface area contributed by atoms with E-state index in [4.69, 9.17) is 11.6 Å². The van der Waals surface area contributed by atoms with E-state index in [9.17, 15) is 8.42 Å². The molecule has 0 N–H and O–H groups in total. The van der Waals surface area contributed by atoms with E-state index in [0.717, 1.165) is 17.0 Å². The van der Waals surface area contributed by atoms with Gasteiger partial charge in [0.25, 0.3) is 0 Å². The summed E-state index contributed by atoms with van der Waals surface area (Å²) in [6.45, 7) is 3.19. The van der Waals surface area contributed by atoms with Gasteiger partial charge in [-0.15, -0.1) is 11.6 Å². The zero-order valence-electron chi connectivity index (χ0n) is 11.7. The van der Waals surface area contributed by atoms with E-state index in [1.807, 2.05) is 16.8 Å². The average Bonchev–Trinajstić information content (AvgIpc) is 2.95. The van der Waals surface area contributed by atoms with Crippen LogP contribution in [0.3, 0.4) is 0 Å². The van der Waals surface area contributed by atoms with E-state index in [-0.39, 0.29) is 0 Å². The van der Waals surface area contributed by atoms with Crippen LogP contribution in [0.4, 0.5) is 0 Å². The van der Waals surface area contributed by atoms with Crippen molar-refractivity contribution in [2.75, 3.05) is 6.54 Å². The molecule has 1 aliphatic heterocycles. The molecule has 0 bridgehead atoms. The third-order valence-electron chi connectivity index (χ3n) is 3.73. The number of halogens is 1. The van der Waals surface area contributed by atoms with E-state index >= 15 is 0 Å². The first-order valence-corrected chi connectivity index (χ1v) is 8.65. The van der Waals surface area contributed by atoms with Gasteiger partial charge < -0.3 is 4.57 Å². The minimum absolute atomic E-state index is 0.299. The van der Waals surface area contributed by atoms with Crippen LogP contribution in [-0.4, -0.2) is 28.8 Å². The predicted molar refractivity (Wildman–Crippen MR) is 80.6 cm³/mol. The van der Waals surface area contributed by atoms with Gasteiger partial charge in [0.2, 0.25) is 10.0 Å². The lowest BCUT2D eigenvalue weighted by molar-refractivity contribution is 0.335. The van der Waals surface area contributed by atoms with Crippen molar-refractivity contribution in [3.63, 3.8) is 0 Å². The zero-order chi connectivity index (χ0) is 15.0. The Morgan fingerprint density at radius 1 is 1.33 bits per heavy atom. The first-order chi connectivity index (χ1) is 10.0. The first kappa shape index (κ1) is 14.6. The second kappa shape index (κ2) is 5.44. The zero-order valence-corrected chi connectivity index (χ0v) is 13.2. The number of rotatable bonds is 3. The number of aryl methyl sites for hydroxylation is 1. The van der Waals surface area contributed by atoms with Crippen LogP contribution < -0.4 is 0 Å². The van der Waals surface area contributed by atoms with Gasteiger partial charge in [0.1, 0.15) is 5.82 Å². The molecule has 0 radical (unpaired) electrons. The molecule has 0 aliphatic carbocycles. The Labute approximate surface area is 129 Å². The number of hydrogen-bond acceptors (Lipinski definition) is 3. The maximum absolute atomic E-state index is 12.9. The molecular weight excluding hydrogens is 310 g/mol. The molecule has 21 heavy (non-hydrogen) atoms. The molecule has 0 fully saturated rings. The highest BCUT2D eigenvalue weighted by molar-refractivity contribution is 7.89. The summed E-state index contributed by atoms with van der Waals surface area (Å²) in [6, 6.07) is 5.32. The van der Waals surface area contributed by atoms with Crippen LogP contribution in [0.5, 0.6) is 0 Å². The monoisotopic (exact) mass is 325 g/mol. The number of aromatic nitrogens is 2. The summed E-state index contributed by atoms with van der Waals surface area (Å²) >= 11 is 5.82. The Morgan fingerprint density at radius 3 is 2.90 bits per heavy atom. The van der Waals surface area contributed by atoms with Gasteiger partial charge in [-0.25, -0.2) is 13.4 Å². The van der Waals surface area contributed by atoms with Crippen LogP contribution in [0, 0.1) is 6.92 Å². The van der Waals surface area contributed by atoms with Gasteiger partial charge in [-0.3, -0.25) is 0 Å². The van der Waals surface area contributed by atoms with E-state index in [1.54, 1.807) is 25.3 Å². The van der Waals surface area contributed by atoms with Crippen molar-refractivity contribution in [1.29, 1.82) is 0 Å². The number of alkyl halides is 1. The molecule has 1 aromatic heterocycles. The summed E-state index contributed by atoms with van der Waals surface area (Å²) < 4.78 is 29.2. The fourth-order valence-electron chi connectivity index (χ4n) is 2.50. The Morgan fingerprint density at radius 2 is 2.14 bits per heavy atom. The SMILES string of the molecule is Cc1ccc(CCl)cc1S(=O)(=O)N1CCn2ccnc2C1. The molecule has 0 atom stereocenters. The second-order valence-electron chi connectivity index (χ2n) is 5.11. The van der Waals surface area contributed by atoms with Crippen LogP contribution in [-0.2, 0) is 29.0 Å². The Balaban J connectivity index is 1.98. The van der Waals surface area contributed by atoms with E-state index in [1.165, 1.54) is 4.31 Å². The topological polar surface area (TPSA) is 55.2 Å². The molecule has 0 saturated heterocycles. The summed E-state index contributed by atoms with van der Waals surface area (Å²) in [7, 11) is -3.52. The molecule has 0 saturated carbocycles. The van der Waals surface area contributed by atoms with E-state index < -0.39 is 10.0 Å². The van der Waals surface area contributed by atoms with Crippen molar-refractivity contribution in [3.05, 3.63) is 47.5 Å². The molecule has 0 amide bonds. The van der Waals surface area contributed by atoms with Crippen molar-refractivity contribution in [2.24, 2.45) is 0 Å². The van der Waals surface area contributed by atoms with Crippen LogP contribution in [0.1, 0.15) is 17.0 Å². The molecule has 7 heteroatoms. The quantitative estimate of drug-likeness (QED) is 0.812. The van der Waals surface area contributed by atoms with Crippen molar-refractivity contribution in [3.8, 4) is 0 Å². The molecule has 2 heterocycles. The van der Waals surface area contributed by atoms with Crippen molar-refractivity contribution in [1.82, 2.24) is 13.9 Å². The lowest BCUT2D eigenvalue weighted by Gasteiger charge is -2.27. The largest absolute Gasteiger partial charge is 0.333 e. The maximum Gasteiger partial charge on any atom is 0.243 e. The number of hydrogen-bond donors (Lipinski definition) is 0. The van der Waals surface area contributed by atoms with Gasteiger partial charge >= 0.3 is 0 Å². The lowest BCUT2D eigenvalue weighted by Crippen LogP contribution is -2.38. The summed E-state index contributed by atoms with van der Waals surface area (Å²) in [4.78, 5) is 4.54. The normalized spacial score (nSPS) is 15.9. The van der Waals surface area contributed by atoms with Crippen molar-refractivity contribution >= 4 is 21.6 Å². The number of nitrogens with zero attached hydrogens (tertiary/aromatic N) is 3. The summed E-state index contributed by atoms with van der Waals surface area (Å²) in [5.41, 5.74) is 1.54. The molecule has 3 rings (SSSR count). The fourth-order valence-corrected chi connectivity index (χ4v) is 4.33. The van der Waals surface area contributed by atoms with Gasteiger partial charge in [-0.1, -0.05) is 12.1 Å². The molecule has 0 unspecified atom stereocenters. The summed E-state index contributed by atoms with van der Waals surface area (Å²) in [5.74, 6) is 1.07. The van der Waals surface area contributed by atoms with Gasteiger partial charge in [0.15, 0.2) is 0 Å². The highest BCUT2D eigenvalue weighted by Gasteiger charge is 2.30. The minimum atomic E-state index is -3.52. The molecule has 5 nitrogen and oxygen atoms in total. The van der Waals surface area contributed by atoms with Crippen molar-refractivity contribution in [2.45, 2.75) is 30.8 Å². The van der Waals surface area contributed by atoms with E-state index in [2.05, 4.69) is 4.98 Å². The van der Waals surface area contributed by atoms with Gasteiger partial charge in [-0.05, 0) is 24.1 Å².